The van der Waals surface area contributed by atoms with E-state index in [2.05, 4.69) is 41.5 Å². The summed E-state index contributed by atoms with van der Waals surface area (Å²) < 4.78 is 11.8. The van der Waals surface area contributed by atoms with Crippen molar-refractivity contribution in [2.24, 2.45) is 22.7 Å². The monoisotopic (exact) mass is 284 g/mol. The smallest absolute Gasteiger partial charge is 0.0514 e. The average molecular weight is 284 g/mol. The van der Waals surface area contributed by atoms with E-state index in [0.29, 0.717) is 0 Å². The fourth-order valence-corrected chi connectivity index (χ4v) is 2.77. The van der Waals surface area contributed by atoms with Gasteiger partial charge in [0, 0.05) is 13.2 Å². The van der Waals surface area contributed by atoms with E-state index in [0.717, 1.165) is 38.3 Å². The molecule has 0 N–H and O–H groups in total. The number of hydrogen-bond acceptors (Lipinski definition) is 2. The highest BCUT2D eigenvalue weighted by molar-refractivity contribution is 4.73. The minimum atomic E-state index is 0.282. The molecule has 0 aromatic heterocycles. The Morgan fingerprint density at radius 1 is 0.750 bits per heavy atom. The summed E-state index contributed by atoms with van der Waals surface area (Å²) in [5.41, 5.74) is 0.563. The molecule has 0 heterocycles. The van der Waals surface area contributed by atoms with E-state index in [1.807, 2.05) is 0 Å². The second-order valence-electron chi connectivity index (χ2n) is 9.05. The molecule has 1 aliphatic rings. The van der Waals surface area contributed by atoms with E-state index < -0.39 is 0 Å². The first-order chi connectivity index (χ1) is 9.16. The summed E-state index contributed by atoms with van der Waals surface area (Å²) in [7, 11) is 0. The van der Waals surface area contributed by atoms with E-state index in [-0.39, 0.29) is 10.8 Å². The maximum absolute atomic E-state index is 5.90. The zero-order valence-electron chi connectivity index (χ0n) is 14.6. The van der Waals surface area contributed by atoms with Gasteiger partial charge in [0.05, 0.1) is 13.2 Å². The first kappa shape index (κ1) is 18.0. The van der Waals surface area contributed by atoms with Crippen LogP contribution in [0.15, 0.2) is 0 Å². The molecule has 2 nitrogen and oxygen atoms in total. The highest BCUT2D eigenvalue weighted by atomic mass is 16.5. The Kier molecular flexibility index (Phi) is 7.00. The van der Waals surface area contributed by atoms with Crippen molar-refractivity contribution < 1.29 is 9.47 Å². The maximum Gasteiger partial charge on any atom is 0.0514 e. The molecule has 2 heteroatoms. The van der Waals surface area contributed by atoms with Crippen molar-refractivity contribution in [3.05, 3.63) is 0 Å². The van der Waals surface area contributed by atoms with Crippen LogP contribution < -0.4 is 0 Å². The summed E-state index contributed by atoms with van der Waals surface area (Å²) in [5, 5.41) is 0. The number of ether oxygens (including phenoxy) is 2. The van der Waals surface area contributed by atoms with Crippen LogP contribution in [0.4, 0.5) is 0 Å². The van der Waals surface area contributed by atoms with Crippen molar-refractivity contribution in [2.75, 3.05) is 26.4 Å². The Morgan fingerprint density at radius 3 is 1.50 bits per heavy atom. The summed E-state index contributed by atoms with van der Waals surface area (Å²) >= 11 is 0. The van der Waals surface area contributed by atoms with Gasteiger partial charge in [-0.1, -0.05) is 48.0 Å². The van der Waals surface area contributed by atoms with Gasteiger partial charge in [0.15, 0.2) is 0 Å². The molecule has 20 heavy (non-hydrogen) atoms. The summed E-state index contributed by atoms with van der Waals surface area (Å²) in [6.45, 7) is 17.0. The van der Waals surface area contributed by atoms with Gasteiger partial charge in [-0.3, -0.25) is 0 Å². The molecule has 1 rings (SSSR count). The lowest BCUT2D eigenvalue weighted by molar-refractivity contribution is 0.00696. The van der Waals surface area contributed by atoms with E-state index >= 15 is 0 Å². The first-order valence-electron chi connectivity index (χ1n) is 8.31. The Hall–Kier alpha value is -0.0800. The lowest BCUT2D eigenvalue weighted by Crippen LogP contribution is -2.26. The van der Waals surface area contributed by atoms with Crippen LogP contribution in [0.25, 0.3) is 0 Å². The van der Waals surface area contributed by atoms with Gasteiger partial charge < -0.3 is 9.47 Å². The van der Waals surface area contributed by atoms with Crippen LogP contribution in [-0.2, 0) is 9.47 Å². The van der Waals surface area contributed by atoms with Crippen molar-refractivity contribution in [1.29, 1.82) is 0 Å². The van der Waals surface area contributed by atoms with Crippen molar-refractivity contribution in [3.8, 4) is 0 Å². The van der Waals surface area contributed by atoms with Crippen LogP contribution in [-0.4, -0.2) is 26.4 Å². The highest BCUT2D eigenvalue weighted by Crippen LogP contribution is 2.30. The Bertz CT molecular complexity index is 234. The van der Waals surface area contributed by atoms with E-state index in [9.17, 15) is 0 Å². The lowest BCUT2D eigenvalue weighted by Gasteiger charge is -2.30. The minimum absolute atomic E-state index is 0.282. The van der Waals surface area contributed by atoms with Crippen molar-refractivity contribution in [2.45, 2.75) is 67.2 Å². The van der Waals surface area contributed by atoms with Gasteiger partial charge in [0.2, 0.25) is 0 Å². The third-order valence-corrected chi connectivity index (χ3v) is 3.67. The molecule has 0 aromatic carbocycles. The molecule has 0 spiro atoms. The lowest BCUT2D eigenvalue weighted by atomic mass is 9.82. The molecule has 1 aliphatic carbocycles. The molecule has 0 saturated heterocycles. The number of hydrogen-bond donors (Lipinski definition) is 0. The summed E-state index contributed by atoms with van der Waals surface area (Å²) in [4.78, 5) is 0. The number of rotatable bonds is 6. The summed E-state index contributed by atoms with van der Waals surface area (Å²) in [6, 6.07) is 0. The molecule has 1 saturated carbocycles. The highest BCUT2D eigenvalue weighted by Gasteiger charge is 2.23. The molecular weight excluding hydrogens is 248 g/mol. The standard InChI is InChI=1S/C18H36O2/c1-17(2,3)13-19-11-15-8-7-9-16(10-15)12-20-14-18(4,5)6/h15-16H,7-14H2,1-6H3. The van der Waals surface area contributed by atoms with Gasteiger partial charge >= 0.3 is 0 Å². The van der Waals surface area contributed by atoms with Crippen LogP contribution in [0.1, 0.15) is 67.2 Å². The van der Waals surface area contributed by atoms with Crippen molar-refractivity contribution >= 4 is 0 Å². The van der Waals surface area contributed by atoms with Crippen LogP contribution >= 0.6 is 0 Å². The fraction of sp³-hybridized carbons (Fsp3) is 1.00. The normalized spacial score (nSPS) is 24.9. The zero-order valence-corrected chi connectivity index (χ0v) is 14.6. The molecule has 2 unspecified atom stereocenters. The second-order valence-corrected chi connectivity index (χ2v) is 9.05. The van der Waals surface area contributed by atoms with Gasteiger partial charge in [0.1, 0.15) is 0 Å². The molecule has 120 valence electrons. The van der Waals surface area contributed by atoms with Gasteiger partial charge in [-0.2, -0.15) is 0 Å². The SMILES string of the molecule is CC(C)(C)COCC1CCCC(COCC(C)(C)C)C1. The summed E-state index contributed by atoms with van der Waals surface area (Å²) in [6.07, 6.45) is 5.29. The van der Waals surface area contributed by atoms with Crippen molar-refractivity contribution in [3.63, 3.8) is 0 Å². The van der Waals surface area contributed by atoms with Gasteiger partial charge in [-0.05, 0) is 41.9 Å². The first-order valence-corrected chi connectivity index (χ1v) is 8.31. The maximum atomic E-state index is 5.90. The molecule has 0 amide bonds. The Morgan fingerprint density at radius 2 is 1.15 bits per heavy atom. The van der Waals surface area contributed by atoms with Crippen molar-refractivity contribution in [1.82, 2.24) is 0 Å². The minimum Gasteiger partial charge on any atom is -0.381 e. The summed E-state index contributed by atoms with van der Waals surface area (Å²) in [5.74, 6) is 1.49. The molecule has 2 atom stereocenters. The third-order valence-electron chi connectivity index (χ3n) is 3.67. The zero-order chi connectivity index (χ0) is 15.2. The van der Waals surface area contributed by atoms with E-state index in [1.165, 1.54) is 25.7 Å². The second kappa shape index (κ2) is 7.79. The molecule has 0 bridgehead atoms. The predicted molar refractivity (Wildman–Crippen MR) is 86.0 cm³/mol. The molecule has 0 aromatic rings. The van der Waals surface area contributed by atoms with E-state index in [4.69, 9.17) is 9.47 Å². The topological polar surface area (TPSA) is 18.5 Å². The van der Waals surface area contributed by atoms with Crippen LogP contribution in [0.2, 0.25) is 0 Å². The predicted octanol–water partition coefficient (Wildman–Crippen LogP) is 4.92. The quantitative estimate of drug-likeness (QED) is 0.689. The fourth-order valence-electron chi connectivity index (χ4n) is 2.77. The third kappa shape index (κ3) is 8.97. The molecule has 0 aliphatic heterocycles. The largest absolute Gasteiger partial charge is 0.381 e. The van der Waals surface area contributed by atoms with Gasteiger partial charge in [0.25, 0.3) is 0 Å². The Balaban J connectivity index is 2.18. The average Bonchev–Trinajstić information content (AvgIpc) is 2.26. The van der Waals surface area contributed by atoms with Gasteiger partial charge in [-0.25, -0.2) is 0 Å². The van der Waals surface area contributed by atoms with Gasteiger partial charge in [-0.15, -0.1) is 0 Å². The van der Waals surface area contributed by atoms with Crippen LogP contribution in [0, 0.1) is 22.7 Å². The molecular formula is C18H36O2. The molecule has 1 fully saturated rings. The Labute approximate surface area is 126 Å². The van der Waals surface area contributed by atoms with Crippen LogP contribution in [0.5, 0.6) is 0 Å². The van der Waals surface area contributed by atoms with E-state index in [1.54, 1.807) is 0 Å². The molecule has 0 radical (unpaired) electrons. The van der Waals surface area contributed by atoms with Crippen LogP contribution in [0.3, 0.4) is 0 Å².